The van der Waals surface area contributed by atoms with Crippen molar-refractivity contribution < 1.29 is 4.74 Å². The molecular weight excluding hydrogens is 176 g/mol. The number of nitrogens with two attached hydrogens (primary N) is 1. The first kappa shape index (κ1) is 12.0. The summed E-state index contributed by atoms with van der Waals surface area (Å²) in [5, 5.41) is 0. The molecular formula is C11H24N2O. The van der Waals surface area contributed by atoms with E-state index in [4.69, 9.17) is 10.5 Å². The van der Waals surface area contributed by atoms with Crippen LogP contribution in [-0.2, 0) is 4.74 Å². The Morgan fingerprint density at radius 2 is 2.07 bits per heavy atom. The van der Waals surface area contributed by atoms with Gasteiger partial charge in [-0.2, -0.15) is 0 Å². The highest BCUT2D eigenvalue weighted by atomic mass is 16.5. The fourth-order valence-corrected chi connectivity index (χ4v) is 1.85. The third-order valence-corrected chi connectivity index (χ3v) is 2.86. The fraction of sp³-hybridized carbons (Fsp3) is 1.00. The molecule has 0 radical (unpaired) electrons. The summed E-state index contributed by atoms with van der Waals surface area (Å²) in [6, 6.07) is 0. The van der Waals surface area contributed by atoms with Gasteiger partial charge in [0.1, 0.15) is 0 Å². The van der Waals surface area contributed by atoms with E-state index in [9.17, 15) is 0 Å². The molecule has 0 aromatic carbocycles. The van der Waals surface area contributed by atoms with E-state index < -0.39 is 0 Å². The Kier molecular flexibility index (Phi) is 4.35. The van der Waals surface area contributed by atoms with Gasteiger partial charge in [-0.1, -0.05) is 0 Å². The maximum absolute atomic E-state index is 6.15. The van der Waals surface area contributed by atoms with Gasteiger partial charge in [-0.05, 0) is 40.2 Å². The molecule has 0 amide bonds. The van der Waals surface area contributed by atoms with Crippen molar-refractivity contribution in [2.75, 3.05) is 26.7 Å². The summed E-state index contributed by atoms with van der Waals surface area (Å²) in [6.07, 6.45) is 4.00. The van der Waals surface area contributed by atoms with Crippen LogP contribution in [0.2, 0.25) is 0 Å². The normalized spacial score (nSPS) is 20.1. The molecule has 84 valence electrons. The lowest BCUT2D eigenvalue weighted by Crippen LogP contribution is -2.54. The molecule has 1 saturated carbocycles. The summed E-state index contributed by atoms with van der Waals surface area (Å²) in [7, 11) is 2.12. The molecule has 0 unspecified atom stereocenters. The average molecular weight is 200 g/mol. The van der Waals surface area contributed by atoms with Gasteiger partial charge in [-0.25, -0.2) is 0 Å². The number of hydrogen-bond acceptors (Lipinski definition) is 3. The van der Waals surface area contributed by atoms with Gasteiger partial charge in [0.2, 0.25) is 0 Å². The lowest BCUT2D eigenvalue weighted by atomic mass is 9.77. The van der Waals surface area contributed by atoms with Crippen molar-refractivity contribution >= 4 is 0 Å². The highest BCUT2D eigenvalue weighted by Gasteiger charge is 2.33. The summed E-state index contributed by atoms with van der Waals surface area (Å²) in [5.74, 6) is 0. The second-order valence-corrected chi connectivity index (χ2v) is 4.87. The molecule has 3 nitrogen and oxygen atoms in total. The van der Waals surface area contributed by atoms with Crippen LogP contribution in [0.1, 0.15) is 33.1 Å². The van der Waals surface area contributed by atoms with Crippen LogP contribution in [0.4, 0.5) is 0 Å². The Hall–Kier alpha value is -0.120. The number of hydrogen-bond donors (Lipinski definition) is 1. The predicted octanol–water partition coefficient (Wildman–Crippen LogP) is 1.22. The van der Waals surface area contributed by atoms with Gasteiger partial charge < -0.3 is 15.4 Å². The third kappa shape index (κ3) is 3.95. The molecule has 0 aromatic rings. The second kappa shape index (κ2) is 5.10. The lowest BCUT2D eigenvalue weighted by molar-refractivity contribution is 0.0551. The van der Waals surface area contributed by atoms with Crippen molar-refractivity contribution in [1.82, 2.24) is 4.90 Å². The van der Waals surface area contributed by atoms with E-state index >= 15 is 0 Å². The molecule has 14 heavy (non-hydrogen) atoms. The summed E-state index contributed by atoms with van der Waals surface area (Å²) >= 11 is 0. The SMILES string of the molecule is CC(C)OCCN(C)CC1(N)CCC1. The maximum Gasteiger partial charge on any atom is 0.0596 e. The summed E-state index contributed by atoms with van der Waals surface area (Å²) < 4.78 is 5.50. The van der Waals surface area contributed by atoms with Gasteiger partial charge in [0, 0.05) is 18.6 Å². The van der Waals surface area contributed by atoms with Gasteiger partial charge in [0.05, 0.1) is 12.7 Å². The highest BCUT2D eigenvalue weighted by molar-refractivity contribution is 4.94. The van der Waals surface area contributed by atoms with E-state index in [0.717, 1.165) is 19.7 Å². The van der Waals surface area contributed by atoms with Crippen LogP contribution >= 0.6 is 0 Å². The molecule has 0 bridgehead atoms. The zero-order valence-corrected chi connectivity index (χ0v) is 9.75. The molecule has 1 fully saturated rings. The van der Waals surface area contributed by atoms with E-state index in [1.807, 2.05) is 0 Å². The summed E-state index contributed by atoms with van der Waals surface area (Å²) in [4.78, 5) is 2.28. The van der Waals surface area contributed by atoms with Gasteiger partial charge in [0.15, 0.2) is 0 Å². The van der Waals surface area contributed by atoms with Gasteiger partial charge >= 0.3 is 0 Å². The summed E-state index contributed by atoms with van der Waals surface area (Å²) in [5.41, 5.74) is 6.26. The van der Waals surface area contributed by atoms with Crippen LogP contribution < -0.4 is 5.73 Å². The Balaban J connectivity index is 2.06. The molecule has 1 rings (SSSR count). The molecule has 1 aliphatic rings. The van der Waals surface area contributed by atoms with Crippen molar-refractivity contribution in [3.8, 4) is 0 Å². The molecule has 3 heteroatoms. The minimum absolute atomic E-state index is 0.104. The number of ether oxygens (including phenoxy) is 1. The highest BCUT2D eigenvalue weighted by Crippen LogP contribution is 2.29. The quantitative estimate of drug-likeness (QED) is 0.701. The topological polar surface area (TPSA) is 38.5 Å². The van der Waals surface area contributed by atoms with Gasteiger partial charge in [0.25, 0.3) is 0 Å². The first-order valence-electron chi connectivity index (χ1n) is 5.61. The minimum atomic E-state index is 0.104. The van der Waals surface area contributed by atoms with Crippen molar-refractivity contribution in [2.24, 2.45) is 5.73 Å². The van der Waals surface area contributed by atoms with E-state index in [2.05, 4.69) is 25.8 Å². The Morgan fingerprint density at radius 1 is 1.43 bits per heavy atom. The number of rotatable bonds is 6. The van der Waals surface area contributed by atoms with Crippen LogP contribution in [0, 0.1) is 0 Å². The molecule has 1 aliphatic carbocycles. The Bertz CT molecular complexity index is 167. The van der Waals surface area contributed by atoms with E-state index in [1.165, 1.54) is 19.3 Å². The molecule has 0 aliphatic heterocycles. The second-order valence-electron chi connectivity index (χ2n) is 4.87. The molecule has 0 heterocycles. The summed E-state index contributed by atoms with van der Waals surface area (Å²) in [6.45, 7) is 6.93. The smallest absolute Gasteiger partial charge is 0.0596 e. The van der Waals surface area contributed by atoms with Gasteiger partial charge in [-0.3, -0.25) is 0 Å². The monoisotopic (exact) mass is 200 g/mol. The molecule has 0 aromatic heterocycles. The largest absolute Gasteiger partial charge is 0.377 e. The third-order valence-electron chi connectivity index (χ3n) is 2.86. The van der Waals surface area contributed by atoms with Crippen LogP contribution in [0.15, 0.2) is 0 Å². The zero-order valence-electron chi connectivity index (χ0n) is 9.75. The zero-order chi connectivity index (χ0) is 10.6. The Labute approximate surface area is 87.6 Å². The van der Waals surface area contributed by atoms with Crippen LogP contribution in [-0.4, -0.2) is 43.3 Å². The fourth-order valence-electron chi connectivity index (χ4n) is 1.85. The van der Waals surface area contributed by atoms with Crippen molar-refractivity contribution in [1.29, 1.82) is 0 Å². The lowest BCUT2D eigenvalue weighted by Gasteiger charge is -2.41. The predicted molar refractivity (Wildman–Crippen MR) is 59.4 cm³/mol. The van der Waals surface area contributed by atoms with Crippen LogP contribution in [0.25, 0.3) is 0 Å². The van der Waals surface area contributed by atoms with E-state index in [0.29, 0.717) is 6.10 Å². The van der Waals surface area contributed by atoms with Crippen molar-refractivity contribution in [2.45, 2.75) is 44.8 Å². The van der Waals surface area contributed by atoms with Crippen LogP contribution in [0.3, 0.4) is 0 Å². The van der Waals surface area contributed by atoms with Crippen molar-refractivity contribution in [3.05, 3.63) is 0 Å². The molecule has 0 spiro atoms. The minimum Gasteiger partial charge on any atom is -0.377 e. The van der Waals surface area contributed by atoms with E-state index in [-0.39, 0.29) is 5.54 Å². The number of likely N-dealkylation sites (N-methyl/N-ethyl adjacent to an activating group) is 1. The number of nitrogens with zero attached hydrogens (tertiary/aromatic N) is 1. The van der Waals surface area contributed by atoms with Gasteiger partial charge in [-0.15, -0.1) is 0 Å². The first-order chi connectivity index (χ1) is 6.52. The molecule has 2 N–H and O–H groups in total. The molecule has 0 atom stereocenters. The standard InChI is InChI=1S/C11H24N2O/c1-10(2)14-8-7-13(3)9-11(12)5-4-6-11/h10H,4-9,12H2,1-3H3. The average Bonchev–Trinajstić information content (AvgIpc) is 2.00. The van der Waals surface area contributed by atoms with E-state index in [1.54, 1.807) is 0 Å². The van der Waals surface area contributed by atoms with Crippen molar-refractivity contribution in [3.63, 3.8) is 0 Å². The Morgan fingerprint density at radius 3 is 2.50 bits per heavy atom. The maximum atomic E-state index is 6.15. The molecule has 0 saturated heterocycles. The first-order valence-corrected chi connectivity index (χ1v) is 5.61. The van der Waals surface area contributed by atoms with Crippen LogP contribution in [0.5, 0.6) is 0 Å².